The number of esters is 1. The van der Waals surface area contributed by atoms with E-state index in [1.165, 1.54) is 25.1 Å². The van der Waals surface area contributed by atoms with Crippen molar-refractivity contribution in [3.8, 4) is 5.75 Å². The van der Waals surface area contributed by atoms with Crippen LogP contribution in [0.2, 0.25) is 0 Å². The van der Waals surface area contributed by atoms with Crippen molar-refractivity contribution in [2.24, 2.45) is 0 Å². The minimum Gasteiger partial charge on any atom is -0.493 e. The molecule has 1 N–H and O–H groups in total. The van der Waals surface area contributed by atoms with Gasteiger partial charge in [-0.2, -0.15) is 0 Å². The van der Waals surface area contributed by atoms with E-state index in [0.29, 0.717) is 24.4 Å². The first-order valence-corrected chi connectivity index (χ1v) is 10.7. The van der Waals surface area contributed by atoms with Crippen LogP contribution in [-0.4, -0.2) is 36.9 Å². The maximum absolute atomic E-state index is 12.9. The summed E-state index contributed by atoms with van der Waals surface area (Å²) in [7, 11) is 0. The highest BCUT2D eigenvalue weighted by molar-refractivity contribution is 6.34. The molecule has 34 heavy (non-hydrogen) atoms. The lowest BCUT2D eigenvalue weighted by Gasteiger charge is -2.14. The largest absolute Gasteiger partial charge is 0.493 e. The molecule has 0 aliphatic carbocycles. The molecule has 0 bridgehead atoms. The van der Waals surface area contributed by atoms with Crippen LogP contribution >= 0.6 is 0 Å². The molecule has 1 aliphatic rings. The van der Waals surface area contributed by atoms with Gasteiger partial charge in [0.2, 0.25) is 5.91 Å². The fourth-order valence-electron chi connectivity index (χ4n) is 3.51. The number of fused-ring (bicyclic) bond motifs is 1. The standard InChI is InChI=1S/C26H22N2O6/c1-17(29)27-19-9-11-20(12-10-19)28-24(30)22-13-8-18(16-23(22)25(28)31)26(32)34-15-5-14-33-21-6-3-2-4-7-21/h2-4,6-13,16H,5,14-15H2,1H3,(H,27,29). The van der Waals surface area contributed by atoms with E-state index in [1.54, 1.807) is 24.3 Å². The number of amides is 3. The van der Waals surface area contributed by atoms with Crippen LogP contribution in [0.3, 0.4) is 0 Å². The van der Waals surface area contributed by atoms with Gasteiger partial charge < -0.3 is 14.8 Å². The predicted octanol–water partition coefficient (Wildman–Crippen LogP) is 4.07. The van der Waals surface area contributed by atoms with E-state index in [4.69, 9.17) is 9.47 Å². The number of nitrogens with zero attached hydrogens (tertiary/aromatic N) is 1. The number of benzene rings is 3. The van der Waals surface area contributed by atoms with Crippen LogP contribution < -0.4 is 15.0 Å². The Morgan fingerprint density at radius 2 is 1.56 bits per heavy atom. The number of anilines is 2. The zero-order valence-electron chi connectivity index (χ0n) is 18.4. The second kappa shape index (κ2) is 9.99. The van der Waals surface area contributed by atoms with E-state index >= 15 is 0 Å². The van der Waals surface area contributed by atoms with Gasteiger partial charge in [0.25, 0.3) is 11.8 Å². The highest BCUT2D eigenvalue weighted by Gasteiger charge is 2.37. The predicted molar refractivity (Wildman–Crippen MR) is 125 cm³/mol. The number of ether oxygens (including phenoxy) is 2. The van der Waals surface area contributed by atoms with Crippen molar-refractivity contribution in [2.45, 2.75) is 13.3 Å². The van der Waals surface area contributed by atoms with E-state index in [9.17, 15) is 19.2 Å². The number of carbonyl (C=O) groups is 4. The summed E-state index contributed by atoms with van der Waals surface area (Å²) >= 11 is 0. The van der Waals surface area contributed by atoms with Gasteiger partial charge in [0.05, 0.1) is 35.6 Å². The molecule has 0 saturated carbocycles. The molecule has 8 heteroatoms. The Hall–Kier alpha value is -4.46. The molecule has 0 atom stereocenters. The molecular formula is C26H22N2O6. The Morgan fingerprint density at radius 3 is 2.26 bits per heavy atom. The number of hydrogen-bond acceptors (Lipinski definition) is 6. The Morgan fingerprint density at radius 1 is 0.853 bits per heavy atom. The number of para-hydroxylation sites is 1. The molecule has 3 aromatic rings. The number of rotatable bonds is 8. The fraction of sp³-hybridized carbons (Fsp3) is 0.154. The molecular weight excluding hydrogens is 436 g/mol. The van der Waals surface area contributed by atoms with Crippen molar-refractivity contribution in [2.75, 3.05) is 23.4 Å². The molecule has 3 aromatic carbocycles. The maximum Gasteiger partial charge on any atom is 0.338 e. The molecule has 0 radical (unpaired) electrons. The van der Waals surface area contributed by atoms with E-state index in [-0.39, 0.29) is 29.2 Å². The topological polar surface area (TPSA) is 102 Å². The zero-order chi connectivity index (χ0) is 24.1. The monoisotopic (exact) mass is 458 g/mol. The number of hydrogen-bond donors (Lipinski definition) is 1. The van der Waals surface area contributed by atoms with Crippen LogP contribution in [0.15, 0.2) is 72.8 Å². The Bertz CT molecular complexity index is 1240. The van der Waals surface area contributed by atoms with E-state index < -0.39 is 17.8 Å². The Kier molecular flexibility index (Phi) is 6.68. The number of imide groups is 1. The second-order valence-electron chi connectivity index (χ2n) is 7.59. The van der Waals surface area contributed by atoms with Crippen LogP contribution in [0, 0.1) is 0 Å². The van der Waals surface area contributed by atoms with Crippen molar-refractivity contribution >= 4 is 35.1 Å². The molecule has 1 heterocycles. The van der Waals surface area contributed by atoms with Crippen molar-refractivity contribution in [3.05, 3.63) is 89.5 Å². The second-order valence-corrected chi connectivity index (χ2v) is 7.59. The van der Waals surface area contributed by atoms with E-state index in [1.807, 2.05) is 30.3 Å². The third-order valence-electron chi connectivity index (χ3n) is 5.10. The summed E-state index contributed by atoms with van der Waals surface area (Å²) in [5.41, 5.74) is 1.45. The van der Waals surface area contributed by atoms with Crippen LogP contribution in [0.25, 0.3) is 0 Å². The molecule has 0 saturated heterocycles. The minimum absolute atomic E-state index is 0.137. The molecule has 0 fully saturated rings. The molecule has 172 valence electrons. The molecule has 3 amide bonds. The summed E-state index contributed by atoms with van der Waals surface area (Å²) in [6.45, 7) is 1.94. The fourth-order valence-corrected chi connectivity index (χ4v) is 3.51. The average molecular weight is 458 g/mol. The normalized spacial score (nSPS) is 12.3. The maximum atomic E-state index is 12.9. The Labute approximate surface area is 196 Å². The van der Waals surface area contributed by atoms with Crippen molar-refractivity contribution < 1.29 is 28.7 Å². The van der Waals surface area contributed by atoms with Crippen LogP contribution in [0.1, 0.15) is 44.4 Å². The van der Waals surface area contributed by atoms with Gasteiger partial charge in [-0.15, -0.1) is 0 Å². The van der Waals surface area contributed by atoms with Crippen molar-refractivity contribution in [1.82, 2.24) is 0 Å². The van der Waals surface area contributed by atoms with E-state index in [0.717, 1.165) is 10.6 Å². The number of nitrogens with one attached hydrogen (secondary N) is 1. The summed E-state index contributed by atoms with van der Waals surface area (Å²) < 4.78 is 10.8. The van der Waals surface area contributed by atoms with Crippen LogP contribution in [-0.2, 0) is 9.53 Å². The highest BCUT2D eigenvalue weighted by Crippen LogP contribution is 2.30. The lowest BCUT2D eigenvalue weighted by Crippen LogP contribution is -2.29. The van der Waals surface area contributed by atoms with Gasteiger partial charge >= 0.3 is 5.97 Å². The molecule has 4 rings (SSSR count). The zero-order valence-corrected chi connectivity index (χ0v) is 18.4. The summed E-state index contributed by atoms with van der Waals surface area (Å²) in [4.78, 5) is 50.4. The quantitative estimate of drug-likeness (QED) is 0.310. The van der Waals surface area contributed by atoms with E-state index in [2.05, 4.69) is 5.32 Å². The van der Waals surface area contributed by atoms with Gasteiger partial charge in [0.1, 0.15) is 5.75 Å². The average Bonchev–Trinajstić information content (AvgIpc) is 3.09. The van der Waals surface area contributed by atoms with Gasteiger partial charge in [-0.1, -0.05) is 18.2 Å². The molecule has 0 aromatic heterocycles. The molecule has 0 unspecified atom stereocenters. The summed E-state index contributed by atoms with van der Waals surface area (Å²) in [5, 5.41) is 2.63. The van der Waals surface area contributed by atoms with Crippen LogP contribution in [0.4, 0.5) is 11.4 Å². The first-order valence-electron chi connectivity index (χ1n) is 10.7. The van der Waals surface area contributed by atoms with Gasteiger partial charge in [0.15, 0.2) is 0 Å². The molecule has 1 aliphatic heterocycles. The lowest BCUT2D eigenvalue weighted by atomic mass is 10.1. The van der Waals surface area contributed by atoms with Gasteiger partial charge in [-0.25, -0.2) is 9.69 Å². The van der Waals surface area contributed by atoms with Gasteiger partial charge in [0, 0.05) is 19.0 Å². The molecule has 0 spiro atoms. The first kappa shape index (κ1) is 22.7. The van der Waals surface area contributed by atoms with Gasteiger partial charge in [-0.05, 0) is 54.6 Å². The Balaban J connectivity index is 1.37. The smallest absolute Gasteiger partial charge is 0.338 e. The van der Waals surface area contributed by atoms with Crippen LogP contribution in [0.5, 0.6) is 5.75 Å². The van der Waals surface area contributed by atoms with Gasteiger partial charge in [-0.3, -0.25) is 14.4 Å². The lowest BCUT2D eigenvalue weighted by molar-refractivity contribution is -0.114. The molecule has 8 nitrogen and oxygen atoms in total. The highest BCUT2D eigenvalue weighted by atomic mass is 16.5. The van der Waals surface area contributed by atoms with Crippen molar-refractivity contribution in [1.29, 1.82) is 0 Å². The summed E-state index contributed by atoms with van der Waals surface area (Å²) in [5.74, 6) is -1.08. The SMILES string of the molecule is CC(=O)Nc1ccc(N2C(=O)c3ccc(C(=O)OCCCOc4ccccc4)cc3C2=O)cc1. The number of carbonyl (C=O) groups excluding carboxylic acids is 4. The minimum atomic E-state index is -0.583. The first-order chi connectivity index (χ1) is 16.4. The van der Waals surface area contributed by atoms with Crippen molar-refractivity contribution in [3.63, 3.8) is 0 Å². The third-order valence-corrected chi connectivity index (χ3v) is 5.10. The summed E-state index contributed by atoms with van der Waals surface area (Å²) in [6, 6.07) is 20.0. The third kappa shape index (κ3) is 4.96. The summed E-state index contributed by atoms with van der Waals surface area (Å²) in [6.07, 6.45) is 0.505.